The predicted octanol–water partition coefficient (Wildman–Crippen LogP) is 2.46. The van der Waals surface area contributed by atoms with Crippen LogP contribution in [-0.2, 0) is 16.0 Å². The molecule has 0 aliphatic rings. The molecule has 0 bridgehead atoms. The van der Waals surface area contributed by atoms with E-state index in [1.807, 2.05) is 13.8 Å². The molecule has 0 amide bonds. The molecule has 0 atom stereocenters. The Labute approximate surface area is 116 Å². The van der Waals surface area contributed by atoms with Crippen molar-refractivity contribution in [2.75, 3.05) is 32.2 Å². The number of aryl methyl sites for hydroxylation is 2. The van der Waals surface area contributed by atoms with Crippen LogP contribution in [0.5, 0.6) is 0 Å². The van der Waals surface area contributed by atoms with Crippen LogP contribution in [0.25, 0.3) is 0 Å². The lowest BCUT2D eigenvalue weighted by molar-refractivity contribution is 0.000536. The number of aromatic nitrogens is 2. The van der Waals surface area contributed by atoms with Gasteiger partial charge in [-0.15, -0.1) is 0 Å². The minimum absolute atomic E-state index is 0.189. The van der Waals surface area contributed by atoms with E-state index in [-0.39, 0.29) is 5.60 Å². The maximum absolute atomic E-state index is 5.68. The molecule has 0 fully saturated rings. The number of nitrogens with zero attached hydrogens (tertiary/aromatic N) is 2. The van der Waals surface area contributed by atoms with Crippen molar-refractivity contribution in [1.29, 1.82) is 0 Å². The maximum Gasteiger partial charge on any atom is 0.203 e. The van der Waals surface area contributed by atoms with E-state index in [2.05, 4.69) is 34.9 Å². The first-order valence-corrected chi connectivity index (χ1v) is 6.89. The summed E-state index contributed by atoms with van der Waals surface area (Å²) in [5, 5.41) is 3.37. The van der Waals surface area contributed by atoms with Crippen LogP contribution in [0.15, 0.2) is 6.20 Å². The number of rotatable bonds is 9. The normalized spacial score (nSPS) is 11.8. The van der Waals surface area contributed by atoms with Crippen LogP contribution in [0.4, 0.5) is 5.95 Å². The Morgan fingerprint density at radius 2 is 2.16 bits per heavy atom. The van der Waals surface area contributed by atoms with Crippen molar-refractivity contribution in [3.8, 4) is 0 Å². The Morgan fingerprint density at radius 3 is 2.79 bits per heavy atom. The zero-order chi connectivity index (χ0) is 14.3. The summed E-state index contributed by atoms with van der Waals surface area (Å²) in [6, 6.07) is 0. The predicted molar refractivity (Wildman–Crippen MR) is 77.7 cm³/mol. The zero-order valence-electron chi connectivity index (χ0n) is 12.8. The van der Waals surface area contributed by atoms with Crippen molar-refractivity contribution in [3.05, 3.63) is 11.9 Å². The fourth-order valence-corrected chi connectivity index (χ4v) is 1.97. The molecule has 5 heteroatoms. The van der Waals surface area contributed by atoms with Gasteiger partial charge in [-0.3, -0.25) is 0 Å². The summed E-state index contributed by atoms with van der Waals surface area (Å²) in [6.07, 6.45) is 3.04. The van der Waals surface area contributed by atoms with Crippen LogP contribution < -0.4 is 5.32 Å². The van der Waals surface area contributed by atoms with Gasteiger partial charge in [0.15, 0.2) is 0 Å². The first-order valence-electron chi connectivity index (χ1n) is 6.89. The maximum atomic E-state index is 5.68. The number of imidazole rings is 1. The summed E-state index contributed by atoms with van der Waals surface area (Å²) in [6.45, 7) is 11.3. The standard InChI is InChI=1S/C14H27N3O2/c1-6-19-14(3,4)11-15-13-16-12(2)10-17(13)8-7-9-18-5/h10H,6-9,11H2,1-5H3,(H,15,16). The molecule has 1 heterocycles. The second-order valence-electron chi connectivity index (χ2n) is 5.29. The molecule has 0 saturated heterocycles. The molecule has 0 unspecified atom stereocenters. The number of anilines is 1. The fourth-order valence-electron chi connectivity index (χ4n) is 1.97. The van der Waals surface area contributed by atoms with E-state index in [1.54, 1.807) is 7.11 Å². The molecular weight excluding hydrogens is 242 g/mol. The molecule has 1 N–H and O–H groups in total. The monoisotopic (exact) mass is 269 g/mol. The van der Waals surface area contributed by atoms with E-state index in [9.17, 15) is 0 Å². The molecule has 0 radical (unpaired) electrons. The number of nitrogens with one attached hydrogen (secondary N) is 1. The molecule has 0 aliphatic carbocycles. The lowest BCUT2D eigenvalue weighted by atomic mass is 10.1. The van der Waals surface area contributed by atoms with Crippen LogP contribution in [0.3, 0.4) is 0 Å². The molecule has 5 nitrogen and oxygen atoms in total. The molecular formula is C14H27N3O2. The minimum Gasteiger partial charge on any atom is -0.385 e. The average Bonchev–Trinajstić information content (AvgIpc) is 2.68. The third-order valence-electron chi connectivity index (χ3n) is 2.85. The summed E-state index contributed by atoms with van der Waals surface area (Å²) in [5.74, 6) is 0.904. The summed E-state index contributed by atoms with van der Waals surface area (Å²) >= 11 is 0. The Hall–Kier alpha value is -1.07. The third-order valence-corrected chi connectivity index (χ3v) is 2.85. The molecule has 19 heavy (non-hydrogen) atoms. The van der Waals surface area contributed by atoms with E-state index in [1.165, 1.54) is 0 Å². The molecule has 0 aliphatic heterocycles. The second kappa shape index (κ2) is 7.50. The van der Waals surface area contributed by atoms with Gasteiger partial charge in [-0.05, 0) is 34.1 Å². The van der Waals surface area contributed by atoms with Crippen molar-refractivity contribution in [2.24, 2.45) is 0 Å². The highest BCUT2D eigenvalue weighted by atomic mass is 16.5. The lowest BCUT2D eigenvalue weighted by Crippen LogP contribution is -2.34. The highest BCUT2D eigenvalue weighted by Crippen LogP contribution is 2.13. The largest absolute Gasteiger partial charge is 0.385 e. The summed E-state index contributed by atoms with van der Waals surface area (Å²) in [4.78, 5) is 4.51. The van der Waals surface area contributed by atoms with Crippen molar-refractivity contribution >= 4 is 5.95 Å². The lowest BCUT2D eigenvalue weighted by Gasteiger charge is -2.25. The highest BCUT2D eigenvalue weighted by molar-refractivity contribution is 5.29. The van der Waals surface area contributed by atoms with E-state index in [0.29, 0.717) is 0 Å². The fraction of sp³-hybridized carbons (Fsp3) is 0.786. The first kappa shape index (κ1) is 16.0. The molecule has 0 saturated carbocycles. The molecule has 1 aromatic heterocycles. The Kier molecular flexibility index (Phi) is 6.31. The molecule has 110 valence electrons. The highest BCUT2D eigenvalue weighted by Gasteiger charge is 2.18. The quantitative estimate of drug-likeness (QED) is 0.700. The van der Waals surface area contributed by atoms with Gasteiger partial charge in [0.05, 0.1) is 11.3 Å². The van der Waals surface area contributed by atoms with Crippen molar-refractivity contribution in [2.45, 2.75) is 46.3 Å². The summed E-state index contributed by atoms with van der Waals surface area (Å²) in [7, 11) is 1.73. The van der Waals surface area contributed by atoms with Gasteiger partial charge in [0.2, 0.25) is 5.95 Å². The van der Waals surface area contributed by atoms with Gasteiger partial charge in [0, 0.05) is 39.6 Å². The van der Waals surface area contributed by atoms with E-state index >= 15 is 0 Å². The second-order valence-corrected chi connectivity index (χ2v) is 5.29. The first-order chi connectivity index (χ1) is 8.98. The minimum atomic E-state index is -0.189. The zero-order valence-corrected chi connectivity index (χ0v) is 12.8. The summed E-state index contributed by atoms with van der Waals surface area (Å²) < 4.78 is 12.9. The molecule has 0 spiro atoms. The number of methoxy groups -OCH3 is 1. The Bertz CT molecular complexity index is 375. The summed E-state index contributed by atoms with van der Waals surface area (Å²) in [5.41, 5.74) is 0.834. The van der Waals surface area contributed by atoms with Crippen LogP contribution in [0.1, 0.15) is 32.9 Å². The molecule has 1 rings (SSSR count). The third kappa shape index (κ3) is 5.61. The molecule has 0 aromatic carbocycles. The Morgan fingerprint density at radius 1 is 1.42 bits per heavy atom. The van der Waals surface area contributed by atoms with Crippen LogP contribution >= 0.6 is 0 Å². The van der Waals surface area contributed by atoms with Crippen molar-refractivity contribution < 1.29 is 9.47 Å². The van der Waals surface area contributed by atoms with Gasteiger partial charge in [0.1, 0.15) is 0 Å². The van der Waals surface area contributed by atoms with Crippen LogP contribution in [0, 0.1) is 6.92 Å². The number of hydrogen-bond donors (Lipinski definition) is 1. The van der Waals surface area contributed by atoms with Crippen molar-refractivity contribution in [3.63, 3.8) is 0 Å². The van der Waals surface area contributed by atoms with Crippen molar-refractivity contribution in [1.82, 2.24) is 9.55 Å². The van der Waals surface area contributed by atoms with E-state index in [0.717, 1.165) is 44.4 Å². The molecule has 1 aromatic rings. The Balaban J connectivity index is 2.57. The smallest absolute Gasteiger partial charge is 0.203 e. The SMILES string of the molecule is CCOC(C)(C)CNc1nc(C)cn1CCCOC. The van der Waals surface area contributed by atoms with Gasteiger partial charge >= 0.3 is 0 Å². The topological polar surface area (TPSA) is 48.3 Å². The van der Waals surface area contributed by atoms with Gasteiger partial charge in [-0.25, -0.2) is 4.98 Å². The van der Waals surface area contributed by atoms with E-state index in [4.69, 9.17) is 9.47 Å². The van der Waals surface area contributed by atoms with Crippen LogP contribution in [-0.4, -0.2) is 42.0 Å². The number of hydrogen-bond acceptors (Lipinski definition) is 4. The number of ether oxygens (including phenoxy) is 2. The van der Waals surface area contributed by atoms with Gasteiger partial charge in [0.25, 0.3) is 0 Å². The van der Waals surface area contributed by atoms with Gasteiger partial charge in [-0.1, -0.05) is 0 Å². The average molecular weight is 269 g/mol. The van der Waals surface area contributed by atoms with Crippen LogP contribution in [0.2, 0.25) is 0 Å². The van der Waals surface area contributed by atoms with Gasteiger partial charge in [-0.2, -0.15) is 0 Å². The van der Waals surface area contributed by atoms with Gasteiger partial charge < -0.3 is 19.4 Å². The van der Waals surface area contributed by atoms with E-state index < -0.39 is 0 Å².